The van der Waals surface area contributed by atoms with Crippen LogP contribution in [-0.4, -0.2) is 51.3 Å². The first-order valence-corrected chi connectivity index (χ1v) is 12.4. The summed E-state index contributed by atoms with van der Waals surface area (Å²) in [6.45, 7) is 2.07. The third-order valence-corrected chi connectivity index (χ3v) is 6.39. The van der Waals surface area contributed by atoms with Gasteiger partial charge in [0, 0.05) is 42.3 Å². The Kier molecular flexibility index (Phi) is 7.37. The van der Waals surface area contributed by atoms with E-state index in [2.05, 4.69) is 25.8 Å². The lowest BCUT2D eigenvalue weighted by atomic mass is 9.95. The second-order valence-corrected chi connectivity index (χ2v) is 9.23. The fraction of sp³-hybridized carbons (Fsp3) is 0.259. The molecule has 1 unspecified atom stereocenters. The third-order valence-electron chi connectivity index (χ3n) is 6.39. The van der Waals surface area contributed by atoms with Gasteiger partial charge in [0.25, 0.3) is 0 Å². The smallest absolute Gasteiger partial charge is 0.239 e. The maximum absolute atomic E-state index is 15.0. The zero-order chi connectivity index (χ0) is 27.5. The largest absolute Gasteiger partial charge is 0.453 e. The Bertz CT molecular complexity index is 1510. The number of rotatable bonds is 8. The number of hydrogen-bond acceptors (Lipinski definition) is 7. The average Bonchev–Trinajstić information content (AvgIpc) is 3.34. The van der Waals surface area contributed by atoms with E-state index < -0.39 is 29.4 Å². The lowest BCUT2D eigenvalue weighted by molar-refractivity contribution is -0.132. The molecule has 1 aliphatic rings. The van der Waals surface area contributed by atoms with Crippen molar-refractivity contribution in [2.45, 2.75) is 25.8 Å². The number of piperidine rings is 1. The molecule has 0 aliphatic carbocycles. The first kappa shape index (κ1) is 26.0. The molecule has 202 valence electrons. The summed E-state index contributed by atoms with van der Waals surface area (Å²) in [7, 11) is 0. The molecule has 5 rings (SSSR count). The highest BCUT2D eigenvalue weighted by atomic mass is 19.1. The molecule has 2 amide bonds. The van der Waals surface area contributed by atoms with Crippen molar-refractivity contribution >= 4 is 40.0 Å². The molecule has 1 aliphatic heterocycles. The quantitative estimate of drug-likeness (QED) is 0.248. The summed E-state index contributed by atoms with van der Waals surface area (Å²) in [5.74, 6) is -2.48. The number of amides is 2. The van der Waals surface area contributed by atoms with Gasteiger partial charge in [-0.2, -0.15) is 5.10 Å². The van der Waals surface area contributed by atoms with Crippen LogP contribution in [0.4, 0.5) is 26.0 Å². The minimum absolute atomic E-state index is 0.0981. The highest BCUT2D eigenvalue weighted by Gasteiger charge is 2.35. The van der Waals surface area contributed by atoms with Crippen LogP contribution in [0.3, 0.4) is 0 Å². The molecule has 0 spiro atoms. The van der Waals surface area contributed by atoms with Crippen molar-refractivity contribution in [3.05, 3.63) is 66.4 Å². The number of aromatic nitrogens is 3. The molecule has 3 heterocycles. The van der Waals surface area contributed by atoms with Gasteiger partial charge in [-0.3, -0.25) is 14.7 Å². The topological polar surface area (TPSA) is 132 Å². The molecule has 39 heavy (non-hydrogen) atoms. The number of ether oxygens (including phenoxy) is 1. The van der Waals surface area contributed by atoms with Crippen LogP contribution in [0.15, 0.2) is 54.7 Å². The minimum atomic E-state index is -0.957. The Morgan fingerprint density at radius 1 is 1.21 bits per heavy atom. The fourth-order valence-corrected chi connectivity index (χ4v) is 4.40. The van der Waals surface area contributed by atoms with E-state index >= 15 is 4.39 Å². The van der Waals surface area contributed by atoms with Gasteiger partial charge in [-0.05, 0) is 56.2 Å². The van der Waals surface area contributed by atoms with E-state index in [9.17, 15) is 19.1 Å². The molecule has 2 atom stereocenters. The maximum atomic E-state index is 15.0. The molecular formula is C27H26F2N6O4. The third kappa shape index (κ3) is 5.50. The standard InChI is InChI=1S/C27H26F2N6O4/c1-15(14-36)31-25-23-22(10-11-30-24(23)33-34-25)39-21-9-6-17(13-20(21)29)32-26(37)19-3-2-12-35(27(19)38)18-7-4-16(28)5-8-18/h4-11,13,15,19,36H,2-3,12,14H2,1H3,(H,32,37)(H2,30,31,33,34)/t15-,19?/m1/s1. The van der Waals surface area contributed by atoms with Gasteiger partial charge < -0.3 is 25.4 Å². The van der Waals surface area contributed by atoms with Crippen LogP contribution < -0.4 is 20.3 Å². The molecule has 2 aromatic carbocycles. The number of anilines is 3. The zero-order valence-electron chi connectivity index (χ0n) is 20.9. The van der Waals surface area contributed by atoms with E-state index in [0.717, 1.165) is 6.07 Å². The highest BCUT2D eigenvalue weighted by molar-refractivity contribution is 6.12. The maximum Gasteiger partial charge on any atom is 0.239 e. The van der Waals surface area contributed by atoms with Crippen LogP contribution in [0, 0.1) is 17.6 Å². The van der Waals surface area contributed by atoms with Crippen molar-refractivity contribution in [2.75, 3.05) is 28.7 Å². The molecule has 0 saturated carbocycles. The molecule has 10 nitrogen and oxygen atoms in total. The van der Waals surface area contributed by atoms with Crippen molar-refractivity contribution in [3.63, 3.8) is 0 Å². The molecule has 12 heteroatoms. The number of fused-ring (bicyclic) bond motifs is 1. The number of H-pyrrole nitrogens is 1. The van der Waals surface area contributed by atoms with Gasteiger partial charge in [0.2, 0.25) is 11.8 Å². The summed E-state index contributed by atoms with van der Waals surface area (Å²) in [5.41, 5.74) is 1.09. The van der Waals surface area contributed by atoms with Crippen molar-refractivity contribution in [1.82, 2.24) is 15.2 Å². The molecular weight excluding hydrogens is 510 g/mol. The number of halogens is 2. The van der Waals surface area contributed by atoms with E-state index in [1.807, 2.05) is 0 Å². The summed E-state index contributed by atoms with van der Waals surface area (Å²) in [6.07, 6.45) is 2.42. The summed E-state index contributed by atoms with van der Waals surface area (Å²) >= 11 is 0. The van der Waals surface area contributed by atoms with Gasteiger partial charge in [-0.15, -0.1) is 0 Å². The highest BCUT2D eigenvalue weighted by Crippen LogP contribution is 2.35. The molecule has 0 bridgehead atoms. The van der Waals surface area contributed by atoms with Crippen molar-refractivity contribution in [2.24, 2.45) is 5.92 Å². The molecule has 4 aromatic rings. The number of pyridine rings is 1. The number of nitrogens with zero attached hydrogens (tertiary/aromatic N) is 3. The van der Waals surface area contributed by atoms with E-state index in [0.29, 0.717) is 41.9 Å². The number of carbonyl (C=O) groups excluding carboxylic acids is 2. The van der Waals surface area contributed by atoms with Gasteiger partial charge in [0.1, 0.15) is 22.9 Å². The Balaban J connectivity index is 1.30. The SMILES string of the molecule is C[C@H](CO)Nc1n[nH]c2nccc(Oc3ccc(NC(=O)C4CCCN(c5ccc(F)cc5)C4=O)cc3F)c12. The lowest BCUT2D eigenvalue weighted by Crippen LogP contribution is -2.46. The van der Waals surface area contributed by atoms with E-state index in [1.165, 1.54) is 47.5 Å². The van der Waals surface area contributed by atoms with E-state index in [1.54, 1.807) is 13.0 Å². The number of carbonyl (C=O) groups is 2. The van der Waals surface area contributed by atoms with Crippen molar-refractivity contribution in [3.8, 4) is 11.5 Å². The Hall–Kier alpha value is -4.58. The second kappa shape index (κ2) is 11.0. The van der Waals surface area contributed by atoms with E-state index in [-0.39, 0.29) is 29.8 Å². The lowest BCUT2D eigenvalue weighted by Gasteiger charge is -2.31. The number of aromatic amines is 1. The first-order valence-electron chi connectivity index (χ1n) is 12.4. The number of aliphatic hydroxyl groups excluding tert-OH is 1. The summed E-state index contributed by atoms with van der Waals surface area (Å²) in [5, 5.41) is 22.4. The predicted octanol–water partition coefficient (Wildman–Crippen LogP) is 4.20. The molecule has 1 fully saturated rings. The van der Waals surface area contributed by atoms with Crippen molar-refractivity contribution < 1.29 is 28.2 Å². The number of nitrogens with one attached hydrogen (secondary N) is 3. The van der Waals surface area contributed by atoms with E-state index in [4.69, 9.17) is 4.74 Å². The second-order valence-electron chi connectivity index (χ2n) is 9.23. The van der Waals surface area contributed by atoms with Gasteiger partial charge in [-0.1, -0.05) is 0 Å². The minimum Gasteiger partial charge on any atom is -0.453 e. The average molecular weight is 537 g/mol. The zero-order valence-corrected chi connectivity index (χ0v) is 20.9. The predicted molar refractivity (Wildman–Crippen MR) is 141 cm³/mol. The van der Waals surface area contributed by atoms with Crippen LogP contribution in [0.5, 0.6) is 11.5 Å². The first-order chi connectivity index (χ1) is 18.8. The van der Waals surface area contributed by atoms with Gasteiger partial charge >= 0.3 is 0 Å². The van der Waals surface area contributed by atoms with Crippen LogP contribution in [0.25, 0.3) is 11.0 Å². The van der Waals surface area contributed by atoms with Gasteiger partial charge in [-0.25, -0.2) is 13.8 Å². The monoisotopic (exact) mass is 536 g/mol. The number of aliphatic hydroxyl groups is 1. The molecule has 4 N–H and O–H groups in total. The molecule has 1 saturated heterocycles. The summed E-state index contributed by atoms with van der Waals surface area (Å²) in [6, 6.07) is 10.7. The Labute approximate surface area is 222 Å². The molecule has 0 radical (unpaired) electrons. The van der Waals surface area contributed by atoms with Crippen molar-refractivity contribution in [1.29, 1.82) is 0 Å². The van der Waals surface area contributed by atoms with Crippen LogP contribution in [0.2, 0.25) is 0 Å². The van der Waals surface area contributed by atoms with Crippen LogP contribution in [0.1, 0.15) is 19.8 Å². The summed E-state index contributed by atoms with van der Waals surface area (Å²) < 4.78 is 34.2. The molecule has 2 aromatic heterocycles. The Morgan fingerprint density at radius 2 is 2.00 bits per heavy atom. The van der Waals surface area contributed by atoms with Crippen LogP contribution >= 0.6 is 0 Å². The summed E-state index contributed by atoms with van der Waals surface area (Å²) in [4.78, 5) is 31.6. The number of hydrogen-bond donors (Lipinski definition) is 4. The van der Waals surface area contributed by atoms with Gasteiger partial charge in [0.05, 0.1) is 6.61 Å². The van der Waals surface area contributed by atoms with Crippen LogP contribution in [-0.2, 0) is 9.59 Å². The fourth-order valence-electron chi connectivity index (χ4n) is 4.40. The normalized spacial score (nSPS) is 16.3. The van der Waals surface area contributed by atoms with Gasteiger partial charge in [0.15, 0.2) is 23.0 Å². The Morgan fingerprint density at radius 3 is 2.74 bits per heavy atom. The number of benzene rings is 2.